The molecule has 0 N–H and O–H groups in total. The standard InChI is InChI=1S/C11H10BrFN2O2S/c1-6(16-2)10-14-11(18-15-10)17-9-5-7(13)3-4-8(9)12/h3-6H,1-2H3. The Balaban J connectivity index is 2.18. The normalized spacial score (nSPS) is 12.4. The van der Waals surface area contributed by atoms with E-state index in [9.17, 15) is 4.39 Å². The third-order valence-corrected chi connectivity index (χ3v) is 3.50. The molecule has 0 aliphatic heterocycles. The summed E-state index contributed by atoms with van der Waals surface area (Å²) in [6.45, 7) is 1.84. The van der Waals surface area contributed by atoms with E-state index in [0.717, 1.165) is 11.5 Å². The van der Waals surface area contributed by atoms with Crippen LogP contribution < -0.4 is 4.74 Å². The Kier molecular flexibility index (Phi) is 4.26. The molecule has 0 radical (unpaired) electrons. The van der Waals surface area contributed by atoms with E-state index in [1.165, 1.54) is 12.1 Å². The Labute approximate surface area is 116 Å². The topological polar surface area (TPSA) is 44.2 Å². The van der Waals surface area contributed by atoms with Crippen LogP contribution in [0.25, 0.3) is 0 Å². The Morgan fingerprint density at radius 1 is 1.44 bits per heavy atom. The summed E-state index contributed by atoms with van der Waals surface area (Å²) in [4.78, 5) is 4.16. The fourth-order valence-electron chi connectivity index (χ4n) is 1.18. The Bertz CT molecular complexity index is 550. The Hall–Kier alpha value is -1.05. The van der Waals surface area contributed by atoms with Crippen molar-refractivity contribution >= 4 is 27.5 Å². The van der Waals surface area contributed by atoms with Crippen LogP contribution in [0, 0.1) is 5.82 Å². The maximum Gasteiger partial charge on any atom is 0.298 e. The molecule has 0 spiro atoms. The number of halogens is 2. The summed E-state index contributed by atoms with van der Waals surface area (Å²) < 4.78 is 28.4. The average Bonchev–Trinajstić information content (AvgIpc) is 2.81. The van der Waals surface area contributed by atoms with Crippen molar-refractivity contribution in [1.82, 2.24) is 9.36 Å². The number of methoxy groups -OCH3 is 1. The predicted molar refractivity (Wildman–Crippen MR) is 69.5 cm³/mol. The minimum atomic E-state index is -0.372. The third-order valence-electron chi connectivity index (χ3n) is 2.23. The highest BCUT2D eigenvalue weighted by Gasteiger charge is 2.13. The van der Waals surface area contributed by atoms with Crippen LogP contribution in [0.2, 0.25) is 0 Å². The summed E-state index contributed by atoms with van der Waals surface area (Å²) in [6, 6.07) is 4.20. The van der Waals surface area contributed by atoms with Crippen LogP contribution in [0.4, 0.5) is 4.39 Å². The maximum absolute atomic E-state index is 13.1. The van der Waals surface area contributed by atoms with Gasteiger partial charge in [-0.15, -0.1) is 0 Å². The number of rotatable bonds is 4. The van der Waals surface area contributed by atoms with Crippen molar-refractivity contribution in [3.8, 4) is 10.9 Å². The highest BCUT2D eigenvalue weighted by Crippen LogP contribution is 2.31. The fraction of sp³-hybridized carbons (Fsp3) is 0.273. The van der Waals surface area contributed by atoms with Crippen LogP contribution in [0.5, 0.6) is 10.9 Å². The zero-order valence-electron chi connectivity index (χ0n) is 9.68. The highest BCUT2D eigenvalue weighted by molar-refractivity contribution is 9.10. The average molecular weight is 333 g/mol. The lowest BCUT2D eigenvalue weighted by molar-refractivity contribution is 0.113. The molecule has 18 heavy (non-hydrogen) atoms. The van der Waals surface area contributed by atoms with Crippen molar-refractivity contribution in [1.29, 1.82) is 0 Å². The van der Waals surface area contributed by atoms with Crippen molar-refractivity contribution in [3.05, 3.63) is 34.3 Å². The number of aromatic nitrogens is 2. The van der Waals surface area contributed by atoms with E-state index in [2.05, 4.69) is 25.3 Å². The van der Waals surface area contributed by atoms with E-state index < -0.39 is 0 Å². The third kappa shape index (κ3) is 3.04. The van der Waals surface area contributed by atoms with Crippen molar-refractivity contribution in [2.45, 2.75) is 13.0 Å². The molecular formula is C11H10BrFN2O2S. The summed E-state index contributed by atoms with van der Waals surface area (Å²) >= 11 is 4.37. The van der Waals surface area contributed by atoms with Crippen LogP contribution in [0.1, 0.15) is 18.9 Å². The van der Waals surface area contributed by atoms with Gasteiger partial charge in [0.1, 0.15) is 17.7 Å². The smallest absolute Gasteiger partial charge is 0.298 e. The van der Waals surface area contributed by atoms with Gasteiger partial charge in [0.2, 0.25) is 0 Å². The van der Waals surface area contributed by atoms with Crippen LogP contribution in [-0.4, -0.2) is 16.5 Å². The molecule has 1 aromatic heterocycles. The first kappa shape index (κ1) is 13.4. The predicted octanol–water partition coefficient (Wildman–Crippen LogP) is 3.94. The van der Waals surface area contributed by atoms with Gasteiger partial charge in [-0.05, 0) is 35.0 Å². The summed E-state index contributed by atoms with van der Waals surface area (Å²) in [5.74, 6) is 0.538. The van der Waals surface area contributed by atoms with Gasteiger partial charge in [0.15, 0.2) is 5.82 Å². The van der Waals surface area contributed by atoms with Gasteiger partial charge in [-0.2, -0.15) is 9.36 Å². The first-order valence-corrected chi connectivity index (χ1v) is 6.66. The molecule has 4 nitrogen and oxygen atoms in total. The quantitative estimate of drug-likeness (QED) is 0.850. The summed E-state index contributed by atoms with van der Waals surface area (Å²) in [7, 11) is 1.58. The second-order valence-corrected chi connectivity index (χ2v) is 5.04. The molecule has 1 heterocycles. The molecular weight excluding hydrogens is 323 g/mol. The van der Waals surface area contributed by atoms with Crippen LogP contribution in [0.3, 0.4) is 0 Å². The lowest BCUT2D eigenvalue weighted by Crippen LogP contribution is -1.97. The highest BCUT2D eigenvalue weighted by atomic mass is 79.9. The SMILES string of the molecule is COC(C)c1nsc(Oc2cc(F)ccc2Br)n1. The summed E-state index contributed by atoms with van der Waals surface area (Å²) in [5.41, 5.74) is 0. The van der Waals surface area contributed by atoms with Gasteiger partial charge in [-0.3, -0.25) is 0 Å². The molecule has 0 amide bonds. The minimum absolute atomic E-state index is 0.199. The van der Waals surface area contributed by atoms with E-state index in [1.54, 1.807) is 13.2 Å². The van der Waals surface area contributed by atoms with Gasteiger partial charge >= 0.3 is 0 Å². The Morgan fingerprint density at radius 2 is 2.22 bits per heavy atom. The molecule has 0 aliphatic rings. The summed E-state index contributed by atoms with van der Waals surface area (Å²) in [5, 5.41) is 0.347. The molecule has 0 saturated heterocycles. The molecule has 0 bridgehead atoms. The van der Waals surface area contributed by atoms with E-state index in [0.29, 0.717) is 21.2 Å². The van der Waals surface area contributed by atoms with Gasteiger partial charge in [-0.1, -0.05) is 0 Å². The van der Waals surface area contributed by atoms with Gasteiger partial charge < -0.3 is 9.47 Å². The van der Waals surface area contributed by atoms with Gasteiger partial charge in [0.05, 0.1) is 4.47 Å². The van der Waals surface area contributed by atoms with Gasteiger partial charge in [-0.25, -0.2) is 4.39 Å². The van der Waals surface area contributed by atoms with E-state index in [-0.39, 0.29) is 11.9 Å². The number of ether oxygens (including phenoxy) is 2. The van der Waals surface area contributed by atoms with Crippen molar-refractivity contribution in [2.75, 3.05) is 7.11 Å². The molecule has 1 unspecified atom stereocenters. The zero-order valence-corrected chi connectivity index (χ0v) is 12.1. The fourth-order valence-corrected chi connectivity index (χ4v) is 2.13. The van der Waals surface area contributed by atoms with Gasteiger partial charge in [0.25, 0.3) is 5.19 Å². The maximum atomic E-state index is 13.1. The van der Waals surface area contributed by atoms with Crippen molar-refractivity contribution < 1.29 is 13.9 Å². The molecule has 0 fully saturated rings. The lowest BCUT2D eigenvalue weighted by atomic mass is 10.3. The second-order valence-electron chi connectivity index (χ2n) is 3.47. The molecule has 1 aromatic carbocycles. The molecule has 1 atom stereocenters. The molecule has 2 aromatic rings. The van der Waals surface area contributed by atoms with E-state index in [4.69, 9.17) is 9.47 Å². The van der Waals surface area contributed by atoms with E-state index >= 15 is 0 Å². The summed E-state index contributed by atoms with van der Waals surface area (Å²) in [6.07, 6.45) is -0.199. The molecule has 0 saturated carbocycles. The molecule has 2 rings (SSSR count). The van der Waals surface area contributed by atoms with E-state index in [1.807, 2.05) is 6.92 Å². The lowest BCUT2D eigenvalue weighted by Gasteiger charge is -2.04. The van der Waals surface area contributed by atoms with Crippen LogP contribution >= 0.6 is 27.5 Å². The van der Waals surface area contributed by atoms with Crippen molar-refractivity contribution in [2.24, 2.45) is 0 Å². The number of nitrogens with zero attached hydrogens (tertiary/aromatic N) is 2. The Morgan fingerprint density at radius 3 is 2.94 bits per heavy atom. The minimum Gasteiger partial charge on any atom is -0.429 e. The first-order chi connectivity index (χ1) is 8.60. The first-order valence-electron chi connectivity index (χ1n) is 5.09. The zero-order chi connectivity index (χ0) is 13.1. The number of hydrogen-bond acceptors (Lipinski definition) is 5. The number of benzene rings is 1. The van der Waals surface area contributed by atoms with Gasteiger partial charge in [0, 0.05) is 24.7 Å². The van der Waals surface area contributed by atoms with Crippen LogP contribution in [0.15, 0.2) is 22.7 Å². The monoisotopic (exact) mass is 332 g/mol. The van der Waals surface area contributed by atoms with Crippen molar-refractivity contribution in [3.63, 3.8) is 0 Å². The number of hydrogen-bond donors (Lipinski definition) is 0. The molecule has 0 aliphatic carbocycles. The molecule has 96 valence electrons. The second kappa shape index (κ2) is 5.73. The largest absolute Gasteiger partial charge is 0.429 e. The van der Waals surface area contributed by atoms with Crippen LogP contribution in [-0.2, 0) is 4.74 Å². The molecule has 7 heteroatoms.